The molecule has 0 unspecified atom stereocenters. The van der Waals surface area contributed by atoms with Crippen LogP contribution in [0.4, 0.5) is 0 Å². The predicted molar refractivity (Wildman–Crippen MR) is 76.4 cm³/mol. The van der Waals surface area contributed by atoms with Crippen molar-refractivity contribution in [2.75, 3.05) is 13.2 Å². The summed E-state index contributed by atoms with van der Waals surface area (Å²) in [5.41, 5.74) is -1.82. The molecule has 1 rings (SSSR count). The molecule has 0 saturated heterocycles. The van der Waals surface area contributed by atoms with Gasteiger partial charge >= 0.3 is 11.9 Å². The molecule has 1 aromatic rings. The molecule has 0 heterocycles. The van der Waals surface area contributed by atoms with E-state index >= 15 is 0 Å². The van der Waals surface area contributed by atoms with Crippen LogP contribution in [0, 0.1) is 0 Å². The van der Waals surface area contributed by atoms with Crippen molar-refractivity contribution >= 4 is 27.9 Å². The summed E-state index contributed by atoms with van der Waals surface area (Å²) in [4.78, 5) is 24.0. The molecule has 0 aliphatic carbocycles. The van der Waals surface area contributed by atoms with Crippen LogP contribution in [0.25, 0.3) is 0 Å². The maximum absolute atomic E-state index is 12.0. The average Bonchev–Trinajstić information content (AvgIpc) is 2.41. The summed E-state index contributed by atoms with van der Waals surface area (Å²) in [6.07, 6.45) is 0. The van der Waals surface area contributed by atoms with Gasteiger partial charge in [0.05, 0.1) is 13.2 Å². The number of hydrogen-bond acceptors (Lipinski definition) is 5. The third-order valence-corrected chi connectivity index (χ3v) is 2.99. The number of carbonyl (C=O) groups is 2. The van der Waals surface area contributed by atoms with Crippen molar-refractivity contribution in [3.8, 4) is 5.75 Å². The number of carbonyl (C=O) groups excluding carboxylic acids is 2. The van der Waals surface area contributed by atoms with E-state index in [0.29, 0.717) is 5.75 Å². The van der Waals surface area contributed by atoms with Crippen molar-refractivity contribution in [1.82, 2.24) is 0 Å². The molecule has 0 spiro atoms. The van der Waals surface area contributed by atoms with Crippen LogP contribution < -0.4 is 4.74 Å². The van der Waals surface area contributed by atoms with E-state index in [4.69, 9.17) is 14.2 Å². The lowest BCUT2D eigenvalue weighted by molar-refractivity contribution is -0.177. The highest BCUT2D eigenvalue weighted by Crippen LogP contribution is 2.23. The minimum atomic E-state index is -1.82. The van der Waals surface area contributed by atoms with Crippen LogP contribution in [-0.2, 0) is 19.1 Å². The monoisotopic (exact) mass is 344 g/mol. The van der Waals surface area contributed by atoms with E-state index in [1.54, 1.807) is 38.1 Å². The number of benzene rings is 1. The fraction of sp³-hybridized carbons (Fsp3) is 0.429. The topological polar surface area (TPSA) is 61.8 Å². The summed E-state index contributed by atoms with van der Waals surface area (Å²) in [5.74, 6) is -1.18. The molecule has 0 aliphatic rings. The standard InChI is InChI=1S/C14H17BrO5/c1-4-18-12(16)14(3,13(17)19-5-2)20-11-8-6-10(15)7-9-11/h6-9H,4-5H2,1-3H3. The van der Waals surface area contributed by atoms with Crippen LogP contribution in [0.2, 0.25) is 0 Å². The zero-order chi connectivity index (χ0) is 15.2. The molecule has 0 radical (unpaired) electrons. The van der Waals surface area contributed by atoms with E-state index in [-0.39, 0.29) is 13.2 Å². The molecule has 5 nitrogen and oxygen atoms in total. The van der Waals surface area contributed by atoms with Gasteiger partial charge in [0, 0.05) is 4.47 Å². The molecular formula is C14H17BrO5. The Balaban J connectivity index is 3.00. The van der Waals surface area contributed by atoms with Gasteiger partial charge in [-0.3, -0.25) is 0 Å². The van der Waals surface area contributed by atoms with E-state index in [9.17, 15) is 9.59 Å². The van der Waals surface area contributed by atoms with Crippen molar-refractivity contribution in [3.63, 3.8) is 0 Å². The number of esters is 2. The van der Waals surface area contributed by atoms with Crippen molar-refractivity contribution in [2.45, 2.75) is 26.4 Å². The Hall–Kier alpha value is -1.56. The number of ether oxygens (including phenoxy) is 3. The molecule has 1 aromatic carbocycles. The van der Waals surface area contributed by atoms with E-state index in [2.05, 4.69) is 15.9 Å². The fourth-order valence-electron chi connectivity index (χ4n) is 1.44. The van der Waals surface area contributed by atoms with Gasteiger partial charge in [0.1, 0.15) is 5.75 Å². The van der Waals surface area contributed by atoms with E-state index < -0.39 is 17.5 Å². The second-order valence-electron chi connectivity index (χ2n) is 4.03. The summed E-state index contributed by atoms with van der Waals surface area (Å²) in [6.45, 7) is 4.95. The summed E-state index contributed by atoms with van der Waals surface area (Å²) < 4.78 is 16.2. The highest BCUT2D eigenvalue weighted by Gasteiger charge is 2.47. The first-order valence-electron chi connectivity index (χ1n) is 6.23. The molecule has 0 aliphatic heterocycles. The van der Waals surface area contributed by atoms with Gasteiger partial charge in [-0.1, -0.05) is 15.9 Å². The molecule has 20 heavy (non-hydrogen) atoms. The van der Waals surface area contributed by atoms with Crippen LogP contribution in [-0.4, -0.2) is 30.8 Å². The highest BCUT2D eigenvalue weighted by atomic mass is 79.9. The lowest BCUT2D eigenvalue weighted by Crippen LogP contribution is -2.51. The SMILES string of the molecule is CCOC(=O)C(C)(Oc1ccc(Br)cc1)C(=O)OCC. The zero-order valence-corrected chi connectivity index (χ0v) is 13.2. The third kappa shape index (κ3) is 3.96. The lowest BCUT2D eigenvalue weighted by atomic mass is 10.1. The summed E-state index contributed by atoms with van der Waals surface area (Å²) in [6, 6.07) is 6.76. The first-order valence-corrected chi connectivity index (χ1v) is 7.02. The highest BCUT2D eigenvalue weighted by molar-refractivity contribution is 9.10. The number of hydrogen-bond donors (Lipinski definition) is 0. The van der Waals surface area contributed by atoms with Crippen LogP contribution in [0.5, 0.6) is 5.75 Å². The van der Waals surface area contributed by atoms with Gasteiger partial charge in [0.25, 0.3) is 5.60 Å². The lowest BCUT2D eigenvalue weighted by Gasteiger charge is -2.26. The molecular weight excluding hydrogens is 328 g/mol. The minimum Gasteiger partial charge on any atom is -0.464 e. The predicted octanol–water partition coefficient (Wildman–Crippen LogP) is 2.71. The summed E-state index contributed by atoms with van der Waals surface area (Å²) >= 11 is 3.29. The van der Waals surface area contributed by atoms with Crippen LogP contribution in [0.1, 0.15) is 20.8 Å². The van der Waals surface area contributed by atoms with Gasteiger partial charge < -0.3 is 14.2 Å². The summed E-state index contributed by atoms with van der Waals surface area (Å²) in [5, 5.41) is 0. The van der Waals surface area contributed by atoms with Crippen LogP contribution in [0.15, 0.2) is 28.7 Å². The van der Waals surface area contributed by atoms with Crippen LogP contribution >= 0.6 is 15.9 Å². The molecule has 0 atom stereocenters. The molecule has 0 aromatic heterocycles. The Morgan fingerprint density at radius 1 is 1.05 bits per heavy atom. The maximum Gasteiger partial charge on any atom is 0.362 e. The van der Waals surface area contributed by atoms with Gasteiger partial charge in [-0.05, 0) is 45.0 Å². The molecule has 0 N–H and O–H groups in total. The van der Waals surface area contributed by atoms with Crippen molar-refractivity contribution in [1.29, 1.82) is 0 Å². The van der Waals surface area contributed by atoms with Gasteiger partial charge in [0.15, 0.2) is 0 Å². The van der Waals surface area contributed by atoms with Gasteiger partial charge in [0.2, 0.25) is 0 Å². The van der Waals surface area contributed by atoms with E-state index in [0.717, 1.165) is 4.47 Å². The molecule has 0 amide bonds. The Morgan fingerprint density at radius 2 is 1.50 bits per heavy atom. The largest absolute Gasteiger partial charge is 0.464 e. The third-order valence-electron chi connectivity index (χ3n) is 2.47. The molecule has 6 heteroatoms. The normalized spacial score (nSPS) is 10.8. The second-order valence-corrected chi connectivity index (χ2v) is 4.95. The quantitative estimate of drug-likeness (QED) is 0.586. The smallest absolute Gasteiger partial charge is 0.362 e. The Morgan fingerprint density at radius 3 is 1.90 bits per heavy atom. The minimum absolute atomic E-state index is 0.150. The van der Waals surface area contributed by atoms with Crippen molar-refractivity contribution in [3.05, 3.63) is 28.7 Å². The second kappa shape index (κ2) is 7.28. The summed E-state index contributed by atoms with van der Waals surface area (Å²) in [7, 11) is 0. The Kier molecular flexibility index (Phi) is 6.01. The first-order chi connectivity index (χ1) is 9.43. The maximum atomic E-state index is 12.0. The molecule has 0 bridgehead atoms. The Bertz CT molecular complexity index is 451. The molecule has 110 valence electrons. The van der Waals surface area contributed by atoms with Gasteiger partial charge in [-0.15, -0.1) is 0 Å². The Labute approximate surface area is 126 Å². The van der Waals surface area contributed by atoms with Crippen LogP contribution in [0.3, 0.4) is 0 Å². The van der Waals surface area contributed by atoms with Gasteiger partial charge in [-0.2, -0.15) is 0 Å². The van der Waals surface area contributed by atoms with Crippen molar-refractivity contribution in [2.24, 2.45) is 0 Å². The number of halogens is 1. The zero-order valence-electron chi connectivity index (χ0n) is 11.6. The van der Waals surface area contributed by atoms with Crippen molar-refractivity contribution < 1.29 is 23.8 Å². The average molecular weight is 345 g/mol. The van der Waals surface area contributed by atoms with E-state index in [1.165, 1.54) is 6.92 Å². The first kappa shape index (κ1) is 16.5. The number of rotatable bonds is 6. The fourth-order valence-corrected chi connectivity index (χ4v) is 1.71. The molecule has 0 fully saturated rings. The van der Waals surface area contributed by atoms with Gasteiger partial charge in [-0.25, -0.2) is 9.59 Å². The van der Waals surface area contributed by atoms with E-state index in [1.807, 2.05) is 0 Å². The molecule has 0 saturated carbocycles.